The third-order valence-electron chi connectivity index (χ3n) is 5.35. The van der Waals surface area contributed by atoms with E-state index in [9.17, 15) is 24.6 Å². The number of amides is 2. The van der Waals surface area contributed by atoms with E-state index in [1.165, 1.54) is 33.4 Å². The molecule has 2 amide bonds. The molecule has 1 aliphatic heterocycles. The number of urea groups is 1. The molecule has 7 nitrogen and oxygen atoms in total. The van der Waals surface area contributed by atoms with Gasteiger partial charge in [0.05, 0.1) is 0 Å². The van der Waals surface area contributed by atoms with Crippen LogP contribution < -0.4 is 5.32 Å². The van der Waals surface area contributed by atoms with Crippen molar-refractivity contribution in [3.8, 4) is 0 Å². The molecule has 0 aliphatic carbocycles. The van der Waals surface area contributed by atoms with Crippen LogP contribution in [0.4, 0.5) is 4.79 Å². The minimum absolute atomic E-state index is 0.222. The van der Waals surface area contributed by atoms with E-state index in [4.69, 9.17) is 0 Å². The van der Waals surface area contributed by atoms with Gasteiger partial charge in [-0.15, -0.1) is 0 Å². The molecular formula is C24H38N2O5S. The molecule has 1 saturated heterocycles. The molecule has 0 radical (unpaired) electrons. The Morgan fingerprint density at radius 1 is 1.03 bits per heavy atom. The lowest BCUT2D eigenvalue weighted by molar-refractivity contribution is -0.141. The summed E-state index contributed by atoms with van der Waals surface area (Å²) in [6, 6.07) is -2.56. The molecule has 0 unspecified atom stereocenters. The lowest BCUT2D eigenvalue weighted by Crippen LogP contribution is -2.52. The zero-order chi connectivity index (χ0) is 24.1. The first-order valence-corrected chi connectivity index (χ1v) is 12.3. The number of carboxylic acid groups (broad SMARTS) is 2. The molecule has 0 saturated carbocycles. The van der Waals surface area contributed by atoms with Crippen LogP contribution in [0.1, 0.15) is 66.2 Å². The van der Waals surface area contributed by atoms with Gasteiger partial charge in [-0.25, -0.2) is 14.4 Å². The van der Waals surface area contributed by atoms with Crippen LogP contribution in [-0.4, -0.2) is 63.2 Å². The van der Waals surface area contributed by atoms with Gasteiger partial charge in [-0.1, -0.05) is 34.9 Å². The fourth-order valence-electron chi connectivity index (χ4n) is 3.40. The van der Waals surface area contributed by atoms with E-state index in [-0.39, 0.29) is 5.75 Å². The molecule has 0 aromatic carbocycles. The third-order valence-corrected chi connectivity index (χ3v) is 6.32. The third kappa shape index (κ3) is 10.9. The van der Waals surface area contributed by atoms with Crippen molar-refractivity contribution in [3.05, 3.63) is 34.9 Å². The van der Waals surface area contributed by atoms with Crippen LogP contribution in [0.3, 0.4) is 0 Å². The van der Waals surface area contributed by atoms with Crippen molar-refractivity contribution in [3.63, 3.8) is 0 Å². The topological polar surface area (TPSA) is 107 Å². The van der Waals surface area contributed by atoms with E-state index in [2.05, 4.69) is 51.2 Å². The second-order valence-corrected chi connectivity index (χ2v) is 9.60. The smallest absolute Gasteiger partial charge is 0.327 e. The molecule has 3 N–H and O–H groups in total. The van der Waals surface area contributed by atoms with E-state index in [1.54, 1.807) is 0 Å². The van der Waals surface area contributed by atoms with Gasteiger partial charge in [0.2, 0.25) is 0 Å². The fourth-order valence-corrected chi connectivity index (χ4v) is 4.40. The van der Waals surface area contributed by atoms with Crippen LogP contribution in [0.15, 0.2) is 34.9 Å². The summed E-state index contributed by atoms with van der Waals surface area (Å²) < 4.78 is 0. The maximum absolute atomic E-state index is 12.3. The monoisotopic (exact) mass is 466 g/mol. The van der Waals surface area contributed by atoms with Crippen molar-refractivity contribution < 1.29 is 24.6 Å². The number of hydrogen-bond acceptors (Lipinski definition) is 4. The molecule has 180 valence electrons. The van der Waals surface area contributed by atoms with Crippen molar-refractivity contribution in [2.45, 2.75) is 78.3 Å². The molecule has 32 heavy (non-hydrogen) atoms. The Balaban J connectivity index is 2.39. The highest BCUT2D eigenvalue weighted by molar-refractivity contribution is 7.99. The summed E-state index contributed by atoms with van der Waals surface area (Å²) in [6.07, 6.45) is 11.7. The first-order chi connectivity index (χ1) is 15.1. The maximum Gasteiger partial charge on any atom is 0.327 e. The Morgan fingerprint density at radius 3 is 2.25 bits per heavy atom. The quantitative estimate of drug-likeness (QED) is 0.265. The van der Waals surface area contributed by atoms with Crippen LogP contribution in [0, 0.1) is 0 Å². The largest absolute Gasteiger partial charge is 0.480 e. The minimum Gasteiger partial charge on any atom is -0.480 e. The molecule has 0 bridgehead atoms. The van der Waals surface area contributed by atoms with Gasteiger partial charge in [-0.2, -0.15) is 11.8 Å². The van der Waals surface area contributed by atoms with Crippen LogP contribution in [0.2, 0.25) is 0 Å². The molecule has 1 aliphatic rings. The van der Waals surface area contributed by atoms with Crippen LogP contribution in [0.25, 0.3) is 0 Å². The van der Waals surface area contributed by atoms with Crippen LogP contribution in [0.5, 0.6) is 0 Å². The normalized spacial score (nSPS) is 17.8. The standard InChI is InChI=1S/C24H38N2O5S/c1-17(2)8-5-9-18(3)10-6-11-19(4)13-15-32-16-20(22(27)28)25-24(31)26-14-7-12-21(26)23(29)30/h8,10,13,20-21H,5-7,9,11-12,14-16H2,1-4H3,(H,25,31)(H,27,28)(H,29,30)/b18-10+,19-13+/t20-,21-/m0/s1. The highest BCUT2D eigenvalue weighted by atomic mass is 32.2. The number of thioether (sulfide) groups is 1. The predicted molar refractivity (Wildman–Crippen MR) is 130 cm³/mol. The van der Waals surface area contributed by atoms with Gasteiger partial charge in [0, 0.05) is 18.1 Å². The Kier molecular flexibility index (Phi) is 12.8. The molecule has 8 heteroatoms. The number of carboxylic acids is 2. The van der Waals surface area contributed by atoms with E-state index in [1.807, 2.05) is 0 Å². The number of nitrogens with zero attached hydrogens (tertiary/aromatic N) is 1. The Morgan fingerprint density at radius 2 is 1.66 bits per heavy atom. The average Bonchev–Trinajstić information content (AvgIpc) is 3.20. The summed E-state index contributed by atoms with van der Waals surface area (Å²) in [5.74, 6) is -1.29. The lowest BCUT2D eigenvalue weighted by atomic mass is 10.1. The fraction of sp³-hybridized carbons (Fsp3) is 0.625. The van der Waals surface area contributed by atoms with Gasteiger partial charge in [-0.05, 0) is 66.2 Å². The molecular weight excluding hydrogens is 428 g/mol. The molecule has 0 aromatic heterocycles. The average molecular weight is 467 g/mol. The van der Waals surface area contributed by atoms with E-state index < -0.39 is 30.1 Å². The summed E-state index contributed by atoms with van der Waals surface area (Å²) in [7, 11) is 0. The zero-order valence-electron chi connectivity index (χ0n) is 19.7. The maximum atomic E-state index is 12.3. The number of carbonyl (C=O) groups is 3. The first-order valence-electron chi connectivity index (χ1n) is 11.2. The van der Waals surface area contributed by atoms with Gasteiger partial charge in [0.1, 0.15) is 12.1 Å². The number of rotatable bonds is 13. The number of aliphatic carboxylic acids is 2. The van der Waals surface area contributed by atoms with E-state index in [0.29, 0.717) is 25.1 Å². The SMILES string of the molecule is CC(C)=CCC/C(C)=C/CC/C(C)=C/CSC[C@H](NC(=O)N1CCC[C@H]1C(=O)O)C(=O)O. The molecule has 0 aromatic rings. The Labute approximate surface area is 196 Å². The highest BCUT2D eigenvalue weighted by Crippen LogP contribution is 2.18. The summed E-state index contributed by atoms with van der Waals surface area (Å²) in [5.41, 5.74) is 4.00. The lowest BCUT2D eigenvalue weighted by Gasteiger charge is -2.24. The molecule has 1 rings (SSSR count). The summed E-state index contributed by atoms with van der Waals surface area (Å²) >= 11 is 1.43. The van der Waals surface area contributed by atoms with Crippen molar-refractivity contribution in [1.82, 2.24) is 10.2 Å². The van der Waals surface area contributed by atoms with Crippen LogP contribution in [-0.2, 0) is 9.59 Å². The molecule has 1 fully saturated rings. The summed E-state index contributed by atoms with van der Waals surface area (Å²) in [5, 5.41) is 21.1. The summed E-state index contributed by atoms with van der Waals surface area (Å²) in [4.78, 5) is 36.3. The Bertz CT molecular complexity index is 741. The van der Waals surface area contributed by atoms with Gasteiger partial charge >= 0.3 is 18.0 Å². The molecule has 2 atom stereocenters. The minimum atomic E-state index is -1.12. The molecule has 0 spiro atoms. The van der Waals surface area contributed by atoms with Crippen molar-refractivity contribution >= 4 is 29.7 Å². The predicted octanol–water partition coefficient (Wildman–Crippen LogP) is 4.85. The first kappa shape index (κ1) is 27.8. The van der Waals surface area contributed by atoms with Gasteiger partial charge in [0.25, 0.3) is 0 Å². The van der Waals surface area contributed by atoms with Crippen LogP contribution >= 0.6 is 11.8 Å². The van der Waals surface area contributed by atoms with E-state index in [0.717, 1.165) is 25.7 Å². The van der Waals surface area contributed by atoms with Crippen molar-refractivity contribution in [2.24, 2.45) is 0 Å². The number of hydrogen-bond donors (Lipinski definition) is 3. The van der Waals surface area contributed by atoms with Crippen molar-refractivity contribution in [1.29, 1.82) is 0 Å². The second kappa shape index (κ2) is 14.8. The van der Waals surface area contributed by atoms with Gasteiger partial charge in [0.15, 0.2) is 0 Å². The van der Waals surface area contributed by atoms with E-state index >= 15 is 0 Å². The number of likely N-dealkylation sites (tertiary alicyclic amines) is 1. The Hall–Kier alpha value is -2.22. The number of nitrogens with one attached hydrogen (secondary N) is 1. The van der Waals surface area contributed by atoms with Gasteiger partial charge in [-0.3, -0.25) is 0 Å². The molecule has 1 heterocycles. The zero-order valence-corrected chi connectivity index (χ0v) is 20.5. The highest BCUT2D eigenvalue weighted by Gasteiger charge is 2.35. The number of allylic oxidation sites excluding steroid dienone is 5. The second-order valence-electron chi connectivity index (χ2n) is 8.53. The summed E-state index contributed by atoms with van der Waals surface area (Å²) in [6.45, 7) is 8.78. The van der Waals surface area contributed by atoms with Crippen molar-refractivity contribution in [2.75, 3.05) is 18.1 Å². The van der Waals surface area contributed by atoms with Gasteiger partial charge < -0.3 is 20.4 Å². The number of carbonyl (C=O) groups excluding carboxylic acids is 1.